The average Bonchev–Trinajstić information content (AvgIpc) is 3.42. The van der Waals surface area contributed by atoms with Crippen molar-refractivity contribution in [1.82, 2.24) is 5.32 Å². The van der Waals surface area contributed by atoms with Crippen molar-refractivity contribution in [1.29, 1.82) is 0 Å². The summed E-state index contributed by atoms with van der Waals surface area (Å²) < 4.78 is 27.3. The number of rotatable bonds is 6. The van der Waals surface area contributed by atoms with Crippen LogP contribution in [0.3, 0.4) is 0 Å². The van der Waals surface area contributed by atoms with Crippen LogP contribution in [0.2, 0.25) is 0 Å². The molecule has 2 aromatic rings. The van der Waals surface area contributed by atoms with Crippen LogP contribution in [0.5, 0.6) is 28.7 Å². The first-order chi connectivity index (χ1) is 15.9. The van der Waals surface area contributed by atoms with Gasteiger partial charge in [0.2, 0.25) is 12.5 Å². The third-order valence-electron chi connectivity index (χ3n) is 6.52. The highest BCUT2D eigenvalue weighted by molar-refractivity contribution is 5.79. The van der Waals surface area contributed by atoms with Crippen LogP contribution in [0.4, 0.5) is 0 Å². The molecule has 0 radical (unpaired) electrons. The summed E-state index contributed by atoms with van der Waals surface area (Å²) in [7, 11) is 2.87. The van der Waals surface area contributed by atoms with Gasteiger partial charge in [-0.15, -0.1) is 0 Å². The Morgan fingerprint density at radius 3 is 2.30 bits per heavy atom. The van der Waals surface area contributed by atoms with Gasteiger partial charge in [0.05, 0.1) is 33.3 Å². The summed E-state index contributed by atoms with van der Waals surface area (Å²) >= 11 is 0. The Hall–Kier alpha value is -3.66. The van der Waals surface area contributed by atoms with Gasteiger partial charge in [-0.1, -0.05) is 0 Å². The normalized spacial score (nSPS) is 24.6. The SMILES string of the molecule is COc1cc([C@@H]2c3cc4c(cc3[C@@H](NCC(=O)O)[C@H]3COC(=O)[C@H]23)OCO4)cc(OC)c1O. The number of carbonyl (C=O) groups excluding carboxylic acids is 1. The summed E-state index contributed by atoms with van der Waals surface area (Å²) in [6, 6.07) is 6.55. The number of aromatic hydroxyl groups is 1. The Balaban J connectivity index is 1.72. The molecule has 4 atom stereocenters. The second-order valence-corrected chi connectivity index (χ2v) is 8.16. The number of nitrogens with one attached hydrogen (secondary N) is 1. The number of carbonyl (C=O) groups is 2. The quantitative estimate of drug-likeness (QED) is 0.552. The Kier molecular flexibility index (Phi) is 5.16. The third-order valence-corrected chi connectivity index (χ3v) is 6.52. The van der Waals surface area contributed by atoms with Gasteiger partial charge >= 0.3 is 11.9 Å². The predicted octanol–water partition coefficient (Wildman–Crippen LogP) is 1.79. The molecule has 0 amide bonds. The molecular formula is C23H23NO9. The topological polar surface area (TPSA) is 133 Å². The number of aliphatic carboxylic acids is 1. The van der Waals surface area contributed by atoms with E-state index in [1.807, 2.05) is 12.1 Å². The van der Waals surface area contributed by atoms with Crippen molar-refractivity contribution in [3.05, 3.63) is 41.0 Å². The number of hydrogen-bond acceptors (Lipinski definition) is 9. The lowest BCUT2D eigenvalue weighted by Crippen LogP contribution is -2.42. The number of cyclic esters (lactones) is 1. The molecule has 3 N–H and O–H groups in total. The maximum atomic E-state index is 13.0. The minimum atomic E-state index is -1.01. The molecule has 0 spiro atoms. The Morgan fingerprint density at radius 2 is 1.70 bits per heavy atom. The number of phenols is 1. The molecule has 1 fully saturated rings. The highest BCUT2D eigenvalue weighted by Crippen LogP contribution is 2.55. The highest BCUT2D eigenvalue weighted by atomic mass is 16.7. The maximum absolute atomic E-state index is 13.0. The van der Waals surface area contributed by atoms with E-state index in [0.29, 0.717) is 17.1 Å². The van der Waals surface area contributed by atoms with Gasteiger partial charge in [-0.3, -0.25) is 14.9 Å². The summed E-state index contributed by atoms with van der Waals surface area (Å²) in [5, 5.41) is 22.7. The van der Waals surface area contributed by atoms with Crippen LogP contribution < -0.4 is 24.3 Å². The smallest absolute Gasteiger partial charge is 0.317 e. The minimum Gasteiger partial charge on any atom is -0.502 e. The van der Waals surface area contributed by atoms with E-state index < -0.39 is 23.8 Å². The van der Waals surface area contributed by atoms with E-state index in [-0.39, 0.29) is 49.1 Å². The molecule has 0 saturated carbocycles. The zero-order valence-electron chi connectivity index (χ0n) is 18.0. The fourth-order valence-corrected chi connectivity index (χ4v) is 5.11. The highest BCUT2D eigenvalue weighted by Gasteiger charge is 2.52. The first kappa shape index (κ1) is 21.2. The van der Waals surface area contributed by atoms with E-state index >= 15 is 0 Å². The Bertz CT molecular complexity index is 1110. The molecule has 2 aromatic carbocycles. The van der Waals surface area contributed by atoms with Crippen molar-refractivity contribution in [2.24, 2.45) is 11.8 Å². The lowest BCUT2D eigenvalue weighted by Gasteiger charge is -2.39. The van der Waals surface area contributed by atoms with Crippen LogP contribution in [0.25, 0.3) is 0 Å². The standard InChI is InChI=1S/C23H23NO9/c1-29-16-3-10(4-17(30-2)22(16)27)19-11-5-14-15(33-9-32-14)6-12(11)21(24-7-18(25)26)13-8-31-23(28)20(13)19/h3-6,13,19-21,24,27H,7-9H2,1-2H3,(H,25,26)/t13-,19+,20-,21+/m0/s1. The van der Waals surface area contributed by atoms with E-state index in [1.54, 1.807) is 12.1 Å². The molecule has 33 heavy (non-hydrogen) atoms. The molecule has 0 aromatic heterocycles. The van der Waals surface area contributed by atoms with Gasteiger partial charge in [-0.05, 0) is 41.0 Å². The molecule has 2 aliphatic heterocycles. The van der Waals surface area contributed by atoms with Crippen LogP contribution in [0.15, 0.2) is 24.3 Å². The minimum absolute atomic E-state index is 0.0753. The van der Waals surface area contributed by atoms with Crippen molar-refractivity contribution >= 4 is 11.9 Å². The van der Waals surface area contributed by atoms with Gasteiger partial charge < -0.3 is 33.9 Å². The second-order valence-electron chi connectivity index (χ2n) is 8.16. The number of methoxy groups -OCH3 is 2. The maximum Gasteiger partial charge on any atom is 0.317 e. The van der Waals surface area contributed by atoms with Gasteiger partial charge in [-0.2, -0.15) is 0 Å². The van der Waals surface area contributed by atoms with Crippen molar-refractivity contribution in [3.63, 3.8) is 0 Å². The van der Waals surface area contributed by atoms with Crippen molar-refractivity contribution in [3.8, 4) is 28.7 Å². The van der Waals surface area contributed by atoms with Crippen LogP contribution >= 0.6 is 0 Å². The summed E-state index contributed by atoms with van der Waals surface area (Å²) in [6.45, 7) is -0.0507. The zero-order valence-corrected chi connectivity index (χ0v) is 18.0. The summed E-state index contributed by atoms with van der Waals surface area (Å²) in [5.74, 6) is -1.39. The van der Waals surface area contributed by atoms with Gasteiger partial charge in [-0.25, -0.2) is 0 Å². The zero-order chi connectivity index (χ0) is 23.3. The molecule has 1 saturated heterocycles. The first-order valence-corrected chi connectivity index (χ1v) is 10.4. The Morgan fingerprint density at radius 1 is 1.06 bits per heavy atom. The molecule has 0 bridgehead atoms. The summed E-state index contributed by atoms with van der Waals surface area (Å²) in [6.07, 6.45) is 0. The van der Waals surface area contributed by atoms with Gasteiger partial charge in [0.15, 0.2) is 23.0 Å². The fourth-order valence-electron chi connectivity index (χ4n) is 5.11. The van der Waals surface area contributed by atoms with Gasteiger partial charge in [0.25, 0.3) is 0 Å². The predicted molar refractivity (Wildman–Crippen MR) is 112 cm³/mol. The molecule has 174 valence electrons. The van der Waals surface area contributed by atoms with E-state index in [9.17, 15) is 19.8 Å². The number of carboxylic acid groups (broad SMARTS) is 1. The number of carboxylic acids is 1. The second kappa shape index (κ2) is 8.04. The van der Waals surface area contributed by atoms with Crippen LogP contribution in [-0.4, -0.2) is 56.3 Å². The van der Waals surface area contributed by atoms with Crippen molar-refractivity contribution < 1.29 is 43.5 Å². The first-order valence-electron chi connectivity index (χ1n) is 10.4. The van der Waals surface area contributed by atoms with Crippen molar-refractivity contribution in [2.45, 2.75) is 12.0 Å². The summed E-state index contributed by atoms with van der Waals surface area (Å²) in [5.41, 5.74) is 2.26. The van der Waals surface area contributed by atoms with E-state index in [1.165, 1.54) is 14.2 Å². The van der Waals surface area contributed by atoms with E-state index in [4.69, 9.17) is 23.7 Å². The molecular weight excluding hydrogens is 434 g/mol. The van der Waals surface area contributed by atoms with E-state index in [2.05, 4.69) is 5.32 Å². The molecule has 5 rings (SSSR count). The third kappa shape index (κ3) is 3.37. The lowest BCUT2D eigenvalue weighted by molar-refractivity contribution is -0.141. The number of esters is 1. The van der Waals surface area contributed by atoms with E-state index in [0.717, 1.165) is 11.1 Å². The number of hydrogen-bond donors (Lipinski definition) is 3. The monoisotopic (exact) mass is 457 g/mol. The molecule has 10 nitrogen and oxygen atoms in total. The average molecular weight is 457 g/mol. The molecule has 3 aliphatic rings. The molecule has 10 heteroatoms. The fraction of sp³-hybridized carbons (Fsp3) is 0.391. The molecule has 1 aliphatic carbocycles. The number of phenolic OH excluding ortho intramolecular Hbond substituents is 1. The molecule has 2 heterocycles. The van der Waals surface area contributed by atoms with Crippen molar-refractivity contribution in [2.75, 3.05) is 34.2 Å². The lowest BCUT2D eigenvalue weighted by atomic mass is 9.65. The number of benzene rings is 2. The molecule has 0 unspecified atom stereocenters. The van der Waals surface area contributed by atoms with Crippen LogP contribution in [0.1, 0.15) is 28.7 Å². The number of fused-ring (bicyclic) bond motifs is 3. The van der Waals surface area contributed by atoms with Crippen LogP contribution in [0, 0.1) is 11.8 Å². The Labute approximate surface area is 189 Å². The van der Waals surface area contributed by atoms with Gasteiger partial charge in [0, 0.05) is 17.9 Å². The number of ether oxygens (including phenoxy) is 5. The summed E-state index contributed by atoms with van der Waals surface area (Å²) in [4.78, 5) is 24.3. The van der Waals surface area contributed by atoms with Crippen LogP contribution in [-0.2, 0) is 14.3 Å². The van der Waals surface area contributed by atoms with Gasteiger partial charge in [0.1, 0.15) is 0 Å². The largest absolute Gasteiger partial charge is 0.502 e.